The van der Waals surface area contributed by atoms with Crippen LogP contribution in [0.4, 0.5) is 0 Å². The molecule has 0 atom stereocenters. The van der Waals surface area contributed by atoms with Gasteiger partial charge in [0.1, 0.15) is 0 Å². The number of hydrogen-bond acceptors (Lipinski definition) is 3. The van der Waals surface area contributed by atoms with Gasteiger partial charge in [-0.25, -0.2) is 9.97 Å². The summed E-state index contributed by atoms with van der Waals surface area (Å²) in [5.41, 5.74) is 7.73. The number of hydrogen-bond donors (Lipinski definition) is 1. The van der Waals surface area contributed by atoms with E-state index in [9.17, 15) is 4.79 Å². The van der Waals surface area contributed by atoms with Crippen LogP contribution in [0.5, 0.6) is 0 Å². The second-order valence-electron chi connectivity index (χ2n) is 5.83. The predicted molar refractivity (Wildman–Crippen MR) is 93.1 cm³/mol. The Bertz CT molecular complexity index is 623. The summed E-state index contributed by atoms with van der Waals surface area (Å²) in [6.07, 6.45) is 10.5. The number of primary amides is 1. The molecule has 0 aliphatic heterocycles. The van der Waals surface area contributed by atoms with Crippen molar-refractivity contribution in [1.29, 1.82) is 0 Å². The highest BCUT2D eigenvalue weighted by Crippen LogP contribution is 2.16. The Labute approximate surface area is 138 Å². The third kappa shape index (κ3) is 5.47. The predicted octanol–water partition coefficient (Wildman–Crippen LogP) is 4.15. The molecule has 1 heterocycles. The van der Waals surface area contributed by atoms with Crippen LogP contribution in [-0.4, -0.2) is 15.9 Å². The fraction of sp³-hybridized carbons (Fsp3) is 0.421. The zero-order valence-electron chi connectivity index (χ0n) is 13.8. The lowest BCUT2D eigenvalue weighted by Crippen LogP contribution is -2.10. The van der Waals surface area contributed by atoms with Crippen molar-refractivity contribution in [2.24, 2.45) is 5.73 Å². The van der Waals surface area contributed by atoms with Gasteiger partial charge < -0.3 is 5.73 Å². The molecule has 2 N–H and O–H groups in total. The third-order valence-electron chi connectivity index (χ3n) is 3.93. The van der Waals surface area contributed by atoms with Gasteiger partial charge in [-0.1, -0.05) is 51.2 Å². The summed E-state index contributed by atoms with van der Waals surface area (Å²) in [4.78, 5) is 20.1. The standard InChI is InChI=1S/C19H25N3O/c1-2-3-4-5-6-7-8-17-13-14-21-19(22-17)16-11-9-15(10-12-16)18(20)23/h9-14H,2-8H2,1H3,(H2,20,23). The van der Waals surface area contributed by atoms with Crippen molar-refractivity contribution in [3.63, 3.8) is 0 Å². The summed E-state index contributed by atoms with van der Waals surface area (Å²) in [5, 5.41) is 0. The van der Waals surface area contributed by atoms with E-state index in [4.69, 9.17) is 5.73 Å². The Hall–Kier alpha value is -2.23. The maximum atomic E-state index is 11.1. The van der Waals surface area contributed by atoms with Crippen LogP contribution in [0.15, 0.2) is 36.5 Å². The first-order valence-electron chi connectivity index (χ1n) is 8.43. The van der Waals surface area contributed by atoms with E-state index in [1.165, 1.54) is 38.5 Å². The highest BCUT2D eigenvalue weighted by Gasteiger charge is 2.05. The van der Waals surface area contributed by atoms with Crippen molar-refractivity contribution in [3.8, 4) is 11.4 Å². The van der Waals surface area contributed by atoms with Crippen molar-refractivity contribution in [2.45, 2.75) is 51.9 Å². The maximum Gasteiger partial charge on any atom is 0.248 e. The molecule has 1 aromatic carbocycles. The third-order valence-corrected chi connectivity index (χ3v) is 3.93. The molecule has 0 fully saturated rings. The van der Waals surface area contributed by atoms with Crippen LogP contribution in [0.2, 0.25) is 0 Å². The van der Waals surface area contributed by atoms with Gasteiger partial charge in [-0.05, 0) is 31.0 Å². The molecule has 0 radical (unpaired) electrons. The number of benzene rings is 1. The highest BCUT2D eigenvalue weighted by molar-refractivity contribution is 5.93. The van der Waals surface area contributed by atoms with Crippen LogP contribution in [0, 0.1) is 0 Å². The van der Waals surface area contributed by atoms with E-state index in [2.05, 4.69) is 16.9 Å². The van der Waals surface area contributed by atoms with Crippen LogP contribution in [0.3, 0.4) is 0 Å². The Morgan fingerprint density at radius 1 is 1.00 bits per heavy atom. The van der Waals surface area contributed by atoms with Gasteiger partial charge in [-0.3, -0.25) is 4.79 Å². The van der Waals surface area contributed by atoms with Crippen LogP contribution >= 0.6 is 0 Å². The van der Waals surface area contributed by atoms with Gasteiger partial charge in [0.15, 0.2) is 5.82 Å². The molecule has 122 valence electrons. The first kappa shape index (κ1) is 17.1. The first-order chi connectivity index (χ1) is 11.2. The summed E-state index contributed by atoms with van der Waals surface area (Å²) in [6, 6.07) is 9.07. The van der Waals surface area contributed by atoms with Crippen molar-refractivity contribution in [1.82, 2.24) is 9.97 Å². The lowest BCUT2D eigenvalue weighted by atomic mass is 10.1. The lowest BCUT2D eigenvalue weighted by molar-refractivity contribution is 0.100. The molecule has 0 aliphatic carbocycles. The summed E-state index contributed by atoms with van der Waals surface area (Å²) >= 11 is 0. The average Bonchev–Trinajstić information content (AvgIpc) is 2.58. The van der Waals surface area contributed by atoms with E-state index in [1.54, 1.807) is 18.3 Å². The molecule has 2 aromatic rings. The van der Waals surface area contributed by atoms with Crippen molar-refractivity contribution in [2.75, 3.05) is 0 Å². The van der Waals surface area contributed by atoms with Crippen molar-refractivity contribution >= 4 is 5.91 Å². The number of amides is 1. The van der Waals surface area contributed by atoms with E-state index in [0.717, 1.165) is 17.7 Å². The molecule has 0 bridgehead atoms. The van der Waals surface area contributed by atoms with Crippen LogP contribution in [-0.2, 0) is 6.42 Å². The fourth-order valence-corrected chi connectivity index (χ4v) is 2.54. The molecule has 2 rings (SSSR count). The molecule has 4 nitrogen and oxygen atoms in total. The van der Waals surface area contributed by atoms with Crippen LogP contribution in [0.25, 0.3) is 11.4 Å². The molecule has 0 spiro atoms. The van der Waals surface area contributed by atoms with Crippen molar-refractivity contribution in [3.05, 3.63) is 47.8 Å². The first-order valence-corrected chi connectivity index (χ1v) is 8.43. The van der Waals surface area contributed by atoms with Gasteiger partial charge in [-0.2, -0.15) is 0 Å². The summed E-state index contributed by atoms with van der Waals surface area (Å²) in [5.74, 6) is 0.277. The number of aryl methyl sites for hydroxylation is 1. The average molecular weight is 311 g/mol. The second-order valence-corrected chi connectivity index (χ2v) is 5.83. The van der Waals surface area contributed by atoms with E-state index >= 15 is 0 Å². The number of carbonyl (C=O) groups is 1. The number of nitrogens with zero attached hydrogens (tertiary/aromatic N) is 2. The molecule has 1 aromatic heterocycles. The second kappa shape index (κ2) is 9.03. The molecule has 0 unspecified atom stereocenters. The fourth-order valence-electron chi connectivity index (χ4n) is 2.54. The van der Waals surface area contributed by atoms with Gasteiger partial charge in [-0.15, -0.1) is 0 Å². The number of nitrogens with two attached hydrogens (primary N) is 1. The summed E-state index contributed by atoms with van der Waals surface area (Å²) in [6.45, 7) is 2.23. The molecular weight excluding hydrogens is 286 g/mol. The Morgan fingerprint density at radius 3 is 2.39 bits per heavy atom. The topological polar surface area (TPSA) is 68.9 Å². The molecular formula is C19H25N3O. The quantitative estimate of drug-likeness (QED) is 0.707. The molecule has 1 amide bonds. The van der Waals surface area contributed by atoms with Gasteiger partial charge in [0, 0.05) is 23.0 Å². The van der Waals surface area contributed by atoms with Gasteiger partial charge in [0.2, 0.25) is 5.91 Å². The van der Waals surface area contributed by atoms with E-state index in [-0.39, 0.29) is 0 Å². The molecule has 0 saturated heterocycles. The SMILES string of the molecule is CCCCCCCCc1ccnc(-c2ccc(C(N)=O)cc2)n1. The highest BCUT2D eigenvalue weighted by atomic mass is 16.1. The Balaban J connectivity index is 1.92. The molecule has 0 saturated carbocycles. The monoisotopic (exact) mass is 311 g/mol. The van der Waals surface area contributed by atoms with Gasteiger partial charge in [0.05, 0.1) is 0 Å². The van der Waals surface area contributed by atoms with E-state index in [0.29, 0.717) is 11.4 Å². The van der Waals surface area contributed by atoms with Crippen molar-refractivity contribution < 1.29 is 4.79 Å². The zero-order chi connectivity index (χ0) is 16.5. The van der Waals surface area contributed by atoms with Crippen LogP contribution in [0.1, 0.15) is 61.5 Å². The maximum absolute atomic E-state index is 11.1. The minimum atomic E-state index is -0.422. The lowest BCUT2D eigenvalue weighted by Gasteiger charge is -2.05. The molecule has 0 aliphatic rings. The largest absolute Gasteiger partial charge is 0.366 e. The van der Waals surface area contributed by atoms with Crippen LogP contribution < -0.4 is 5.73 Å². The number of unbranched alkanes of at least 4 members (excludes halogenated alkanes) is 5. The Morgan fingerprint density at radius 2 is 1.70 bits per heavy atom. The van der Waals surface area contributed by atoms with Gasteiger partial charge in [0.25, 0.3) is 0 Å². The number of rotatable bonds is 9. The minimum absolute atomic E-state index is 0.422. The smallest absolute Gasteiger partial charge is 0.248 e. The summed E-state index contributed by atoms with van der Waals surface area (Å²) < 4.78 is 0. The van der Waals surface area contributed by atoms with E-state index < -0.39 is 5.91 Å². The zero-order valence-corrected chi connectivity index (χ0v) is 13.8. The number of carbonyl (C=O) groups excluding carboxylic acids is 1. The summed E-state index contributed by atoms with van der Waals surface area (Å²) in [7, 11) is 0. The Kier molecular flexibility index (Phi) is 6.73. The van der Waals surface area contributed by atoms with E-state index in [1.807, 2.05) is 18.2 Å². The molecule has 23 heavy (non-hydrogen) atoms. The normalized spacial score (nSPS) is 10.7. The molecule has 4 heteroatoms. The number of aromatic nitrogens is 2. The van der Waals surface area contributed by atoms with Gasteiger partial charge >= 0.3 is 0 Å². The minimum Gasteiger partial charge on any atom is -0.366 e.